The minimum atomic E-state index is -0.0358. The van der Waals surface area contributed by atoms with Crippen LogP contribution in [0.5, 0.6) is 0 Å². The van der Waals surface area contributed by atoms with E-state index < -0.39 is 0 Å². The Morgan fingerprint density at radius 2 is 1.80 bits per heavy atom. The van der Waals surface area contributed by atoms with Gasteiger partial charge in [-0.15, -0.1) is 22.7 Å². The zero-order chi connectivity index (χ0) is 24.3. The van der Waals surface area contributed by atoms with E-state index in [1.54, 1.807) is 22.7 Å². The van der Waals surface area contributed by atoms with Gasteiger partial charge in [-0.3, -0.25) is 14.2 Å². The number of fused-ring (bicyclic) bond motifs is 6. The number of hydrogen-bond donors (Lipinski definition) is 1. The predicted molar refractivity (Wildman–Crippen MR) is 147 cm³/mol. The fraction of sp³-hybridized carbons (Fsp3) is 0.538. The maximum Gasteiger partial charge on any atom is 0.263 e. The topological polar surface area (TPSA) is 80.6 Å². The molecule has 9 heteroatoms. The van der Waals surface area contributed by atoms with Crippen molar-refractivity contribution in [3.05, 3.63) is 47.4 Å². The summed E-state index contributed by atoms with van der Waals surface area (Å²) in [4.78, 5) is 44.0. The SMILES string of the molecule is CC[C@@H](C)n1c(SCc2nc3sc4c(c3c(=O)[nH]2)CC[C@@H](C)C4)nc2sc3c(c2c1=O)CCCC3. The maximum atomic E-state index is 13.7. The van der Waals surface area contributed by atoms with E-state index in [0.717, 1.165) is 70.5 Å². The third-order valence-corrected chi connectivity index (χ3v) is 10.9. The minimum absolute atomic E-state index is 0.0358. The molecular weight excluding hydrogens is 497 g/mol. The highest BCUT2D eigenvalue weighted by atomic mass is 32.2. The Hall–Kier alpha value is -1.97. The Kier molecular flexibility index (Phi) is 6.13. The number of aromatic nitrogens is 4. The van der Waals surface area contributed by atoms with Crippen LogP contribution in [0.15, 0.2) is 14.7 Å². The molecule has 35 heavy (non-hydrogen) atoms. The van der Waals surface area contributed by atoms with Crippen molar-refractivity contribution < 1.29 is 0 Å². The van der Waals surface area contributed by atoms with Crippen molar-refractivity contribution in [3.8, 4) is 0 Å². The van der Waals surface area contributed by atoms with Crippen LogP contribution in [0.1, 0.15) is 79.2 Å². The first-order chi connectivity index (χ1) is 16.9. The third-order valence-electron chi connectivity index (χ3n) is 7.57. The largest absolute Gasteiger partial charge is 0.309 e. The van der Waals surface area contributed by atoms with Crippen LogP contribution in [0.3, 0.4) is 0 Å². The molecule has 6 rings (SSSR count). The zero-order valence-electron chi connectivity index (χ0n) is 20.4. The fourth-order valence-electron chi connectivity index (χ4n) is 5.47. The molecule has 4 aromatic heterocycles. The smallest absolute Gasteiger partial charge is 0.263 e. The Labute approximate surface area is 216 Å². The van der Waals surface area contributed by atoms with Gasteiger partial charge in [0.1, 0.15) is 15.5 Å². The van der Waals surface area contributed by atoms with Crippen LogP contribution in [0, 0.1) is 5.92 Å². The molecule has 0 unspecified atom stereocenters. The van der Waals surface area contributed by atoms with E-state index in [1.807, 2.05) is 4.57 Å². The summed E-state index contributed by atoms with van der Waals surface area (Å²) in [6, 6.07) is 0.0570. The van der Waals surface area contributed by atoms with Gasteiger partial charge in [0.2, 0.25) is 0 Å². The molecule has 184 valence electrons. The van der Waals surface area contributed by atoms with Crippen molar-refractivity contribution in [2.45, 2.75) is 89.1 Å². The van der Waals surface area contributed by atoms with Crippen LogP contribution in [0.4, 0.5) is 0 Å². The first-order valence-electron chi connectivity index (χ1n) is 12.7. The summed E-state index contributed by atoms with van der Waals surface area (Å²) in [5, 5.41) is 2.34. The van der Waals surface area contributed by atoms with Crippen LogP contribution in [-0.2, 0) is 31.4 Å². The standard InChI is InChI=1S/C26H30N4O2S3/c1-4-14(3)30-25(32)21-15-7-5-6-8-17(15)34-24(21)29-26(30)33-12-19-27-22(31)20-16-10-9-13(2)11-18(16)35-23(20)28-19/h13-14H,4-12H2,1-3H3,(H,27,28,31)/t13-,14-/m1/s1. The van der Waals surface area contributed by atoms with Gasteiger partial charge >= 0.3 is 0 Å². The van der Waals surface area contributed by atoms with Crippen molar-refractivity contribution in [1.82, 2.24) is 19.5 Å². The Balaban J connectivity index is 1.38. The molecular formula is C26H30N4O2S3. The second-order valence-corrected chi connectivity index (χ2v) is 13.2. The fourth-order valence-corrected chi connectivity index (χ4v) is 9.14. The van der Waals surface area contributed by atoms with E-state index in [4.69, 9.17) is 9.97 Å². The summed E-state index contributed by atoms with van der Waals surface area (Å²) in [6.07, 6.45) is 8.35. The predicted octanol–water partition coefficient (Wildman–Crippen LogP) is 6.02. The van der Waals surface area contributed by atoms with Crippen LogP contribution < -0.4 is 11.1 Å². The Morgan fingerprint density at radius 1 is 1.06 bits per heavy atom. The van der Waals surface area contributed by atoms with E-state index in [2.05, 4.69) is 25.8 Å². The molecule has 2 aliphatic rings. The van der Waals surface area contributed by atoms with Gasteiger partial charge in [0.15, 0.2) is 5.16 Å². The molecule has 0 amide bonds. The lowest BCUT2D eigenvalue weighted by Crippen LogP contribution is -2.26. The Morgan fingerprint density at radius 3 is 2.63 bits per heavy atom. The number of thioether (sulfide) groups is 1. The highest BCUT2D eigenvalue weighted by Crippen LogP contribution is 2.37. The first kappa shape index (κ1) is 23.4. The molecule has 0 fully saturated rings. The lowest BCUT2D eigenvalue weighted by Gasteiger charge is -2.18. The van der Waals surface area contributed by atoms with E-state index in [-0.39, 0.29) is 17.2 Å². The molecule has 6 nitrogen and oxygen atoms in total. The molecule has 0 aliphatic heterocycles. The number of thiophene rings is 2. The second kappa shape index (κ2) is 9.16. The average molecular weight is 527 g/mol. The minimum Gasteiger partial charge on any atom is -0.309 e. The molecule has 0 saturated carbocycles. The normalized spacial score (nSPS) is 18.7. The van der Waals surface area contributed by atoms with E-state index in [0.29, 0.717) is 17.5 Å². The summed E-state index contributed by atoms with van der Waals surface area (Å²) in [5.74, 6) is 1.78. The van der Waals surface area contributed by atoms with E-state index in [1.165, 1.54) is 39.1 Å². The number of nitrogens with one attached hydrogen (secondary N) is 1. The summed E-state index contributed by atoms with van der Waals surface area (Å²) in [6.45, 7) is 6.46. The molecule has 4 aromatic rings. The number of nitrogens with zero attached hydrogens (tertiary/aromatic N) is 3. The second-order valence-electron chi connectivity index (χ2n) is 10.1. The van der Waals surface area contributed by atoms with Gasteiger partial charge in [-0.05, 0) is 75.3 Å². The van der Waals surface area contributed by atoms with Gasteiger partial charge < -0.3 is 4.98 Å². The molecule has 2 atom stereocenters. The van der Waals surface area contributed by atoms with Crippen molar-refractivity contribution >= 4 is 54.9 Å². The van der Waals surface area contributed by atoms with Gasteiger partial charge in [-0.1, -0.05) is 25.6 Å². The molecule has 1 N–H and O–H groups in total. The van der Waals surface area contributed by atoms with Crippen molar-refractivity contribution in [2.75, 3.05) is 0 Å². The van der Waals surface area contributed by atoms with E-state index in [9.17, 15) is 9.59 Å². The van der Waals surface area contributed by atoms with Gasteiger partial charge in [0.05, 0.1) is 16.5 Å². The summed E-state index contributed by atoms with van der Waals surface area (Å²) >= 11 is 4.86. The quantitative estimate of drug-likeness (QED) is 0.254. The van der Waals surface area contributed by atoms with Crippen molar-refractivity contribution in [2.24, 2.45) is 5.92 Å². The van der Waals surface area contributed by atoms with Crippen molar-refractivity contribution in [3.63, 3.8) is 0 Å². The summed E-state index contributed by atoms with van der Waals surface area (Å²) in [5.41, 5.74) is 2.49. The molecule has 0 saturated heterocycles. The molecule has 2 aliphatic carbocycles. The van der Waals surface area contributed by atoms with E-state index >= 15 is 0 Å². The number of aryl methyl sites for hydroxylation is 3. The molecule has 0 bridgehead atoms. The number of H-pyrrole nitrogens is 1. The van der Waals surface area contributed by atoms with Gasteiger partial charge in [0.25, 0.3) is 11.1 Å². The third kappa shape index (κ3) is 4.00. The van der Waals surface area contributed by atoms with Crippen LogP contribution in [0.2, 0.25) is 0 Å². The highest BCUT2D eigenvalue weighted by Gasteiger charge is 2.25. The lowest BCUT2D eigenvalue weighted by atomic mass is 9.89. The zero-order valence-corrected chi connectivity index (χ0v) is 22.9. The molecule has 4 heterocycles. The molecule has 0 aromatic carbocycles. The van der Waals surface area contributed by atoms with Gasteiger partial charge in [-0.2, -0.15) is 0 Å². The van der Waals surface area contributed by atoms with Crippen LogP contribution in [-0.4, -0.2) is 19.5 Å². The molecule has 0 spiro atoms. The number of rotatable bonds is 5. The first-order valence-corrected chi connectivity index (χ1v) is 15.3. The van der Waals surface area contributed by atoms with Crippen molar-refractivity contribution in [1.29, 1.82) is 0 Å². The highest BCUT2D eigenvalue weighted by molar-refractivity contribution is 7.98. The number of aromatic amines is 1. The molecule has 0 radical (unpaired) electrons. The average Bonchev–Trinajstić information content (AvgIpc) is 3.40. The summed E-state index contributed by atoms with van der Waals surface area (Å²) < 4.78 is 1.87. The van der Waals surface area contributed by atoms with Gasteiger partial charge in [-0.25, -0.2) is 9.97 Å². The number of hydrogen-bond acceptors (Lipinski definition) is 7. The Bertz CT molecular complexity index is 1560. The summed E-state index contributed by atoms with van der Waals surface area (Å²) in [7, 11) is 0. The van der Waals surface area contributed by atoms with Crippen LogP contribution >= 0.6 is 34.4 Å². The maximum absolute atomic E-state index is 13.7. The van der Waals surface area contributed by atoms with Crippen LogP contribution in [0.25, 0.3) is 20.4 Å². The monoisotopic (exact) mass is 526 g/mol. The van der Waals surface area contributed by atoms with Gasteiger partial charge in [0, 0.05) is 15.8 Å². The lowest BCUT2D eigenvalue weighted by molar-refractivity contribution is 0.468.